The van der Waals surface area contributed by atoms with Gasteiger partial charge in [-0.1, -0.05) is 18.2 Å². The van der Waals surface area contributed by atoms with Crippen LogP contribution >= 0.6 is 0 Å². The molecule has 0 radical (unpaired) electrons. The summed E-state index contributed by atoms with van der Waals surface area (Å²) in [5.74, 6) is 0.850. The summed E-state index contributed by atoms with van der Waals surface area (Å²) in [5, 5.41) is 0. The van der Waals surface area contributed by atoms with Gasteiger partial charge in [-0.3, -0.25) is 9.59 Å². The fraction of sp³-hybridized carbons (Fsp3) is 0.467. The first-order valence-corrected chi connectivity index (χ1v) is 6.86. The number of amides is 2. The van der Waals surface area contributed by atoms with E-state index < -0.39 is 0 Å². The van der Waals surface area contributed by atoms with E-state index in [0.29, 0.717) is 32.5 Å². The van der Waals surface area contributed by atoms with Gasteiger partial charge >= 0.3 is 0 Å². The Morgan fingerprint density at radius 1 is 1.25 bits per heavy atom. The first-order chi connectivity index (χ1) is 9.66. The molecule has 1 aromatic rings. The summed E-state index contributed by atoms with van der Waals surface area (Å²) in [6, 6.07) is 9.54. The fourth-order valence-electron chi connectivity index (χ4n) is 2.06. The number of ether oxygens (including phenoxy) is 1. The highest BCUT2D eigenvalue weighted by Gasteiger charge is 2.24. The maximum absolute atomic E-state index is 12.0. The number of para-hydroxylation sites is 1. The molecular weight excluding hydrogens is 256 g/mol. The van der Waals surface area contributed by atoms with Gasteiger partial charge in [0.15, 0.2) is 0 Å². The molecule has 5 nitrogen and oxygen atoms in total. The van der Waals surface area contributed by atoms with Crippen molar-refractivity contribution in [1.82, 2.24) is 9.80 Å². The summed E-state index contributed by atoms with van der Waals surface area (Å²) in [6.07, 6.45) is 1.08. The Kier molecular flexibility index (Phi) is 4.98. The predicted molar refractivity (Wildman–Crippen MR) is 75.4 cm³/mol. The third kappa shape index (κ3) is 3.98. The van der Waals surface area contributed by atoms with E-state index in [4.69, 9.17) is 4.74 Å². The van der Waals surface area contributed by atoms with E-state index in [9.17, 15) is 9.59 Å². The van der Waals surface area contributed by atoms with Crippen LogP contribution in [-0.2, 0) is 9.59 Å². The number of carbonyl (C=O) groups excluding carboxylic acids is 2. The average Bonchev–Trinajstić information content (AvgIpc) is 2.47. The summed E-state index contributed by atoms with van der Waals surface area (Å²) in [5.41, 5.74) is 0. The lowest BCUT2D eigenvalue weighted by atomic mass is 10.2. The summed E-state index contributed by atoms with van der Waals surface area (Å²) in [7, 11) is 1.76. The Bertz CT molecular complexity index is 461. The number of nitrogens with zero attached hydrogens (tertiary/aromatic N) is 2. The molecule has 108 valence electrons. The number of benzene rings is 1. The molecular formula is C15H20N2O3. The second kappa shape index (κ2) is 6.93. The minimum Gasteiger partial charge on any atom is -0.494 e. The summed E-state index contributed by atoms with van der Waals surface area (Å²) >= 11 is 0. The number of hydrogen-bond acceptors (Lipinski definition) is 3. The van der Waals surface area contributed by atoms with E-state index in [1.165, 1.54) is 0 Å². The van der Waals surface area contributed by atoms with Gasteiger partial charge in [0.05, 0.1) is 13.2 Å². The second-order valence-electron chi connectivity index (χ2n) is 4.90. The smallest absolute Gasteiger partial charge is 0.241 e. The van der Waals surface area contributed by atoms with E-state index in [-0.39, 0.29) is 18.4 Å². The highest BCUT2D eigenvalue weighted by molar-refractivity contribution is 5.85. The van der Waals surface area contributed by atoms with Crippen LogP contribution in [-0.4, -0.2) is 54.9 Å². The SMILES string of the molecule is CN1CCN(C(=O)CCCOc2ccccc2)CC1=O. The fourth-order valence-corrected chi connectivity index (χ4v) is 2.06. The largest absolute Gasteiger partial charge is 0.494 e. The van der Waals surface area contributed by atoms with E-state index in [2.05, 4.69) is 0 Å². The molecule has 2 rings (SSSR count). The molecule has 2 amide bonds. The monoisotopic (exact) mass is 276 g/mol. The molecule has 0 unspecified atom stereocenters. The van der Waals surface area contributed by atoms with Crippen molar-refractivity contribution in [1.29, 1.82) is 0 Å². The summed E-state index contributed by atoms with van der Waals surface area (Å²) in [6.45, 7) is 1.96. The molecule has 0 N–H and O–H groups in total. The minimum absolute atomic E-state index is 0.00476. The summed E-state index contributed by atoms with van der Waals surface area (Å²) in [4.78, 5) is 26.8. The van der Waals surface area contributed by atoms with E-state index in [1.807, 2.05) is 30.3 Å². The van der Waals surface area contributed by atoms with Crippen molar-refractivity contribution in [3.8, 4) is 5.75 Å². The molecule has 1 heterocycles. The maximum Gasteiger partial charge on any atom is 0.241 e. The van der Waals surface area contributed by atoms with Crippen LogP contribution in [0.4, 0.5) is 0 Å². The predicted octanol–water partition coefficient (Wildman–Crippen LogP) is 1.15. The summed E-state index contributed by atoms with van der Waals surface area (Å²) < 4.78 is 5.54. The van der Waals surface area contributed by atoms with Crippen LogP contribution in [0.25, 0.3) is 0 Å². The molecule has 0 aliphatic carbocycles. The van der Waals surface area contributed by atoms with Gasteiger partial charge in [0.1, 0.15) is 5.75 Å². The van der Waals surface area contributed by atoms with Crippen molar-refractivity contribution in [3.05, 3.63) is 30.3 Å². The zero-order valence-electron chi connectivity index (χ0n) is 11.7. The highest BCUT2D eigenvalue weighted by Crippen LogP contribution is 2.10. The Balaban J connectivity index is 1.67. The zero-order chi connectivity index (χ0) is 14.4. The van der Waals surface area contributed by atoms with Gasteiger partial charge in [-0.05, 0) is 18.6 Å². The van der Waals surface area contributed by atoms with Gasteiger partial charge in [-0.15, -0.1) is 0 Å². The molecule has 1 aromatic carbocycles. The normalized spacial score (nSPS) is 15.3. The van der Waals surface area contributed by atoms with E-state index in [0.717, 1.165) is 5.75 Å². The molecule has 0 atom stereocenters. The van der Waals surface area contributed by atoms with Crippen molar-refractivity contribution < 1.29 is 14.3 Å². The number of piperazine rings is 1. The number of carbonyl (C=O) groups is 2. The molecule has 0 aromatic heterocycles. The Morgan fingerprint density at radius 3 is 2.70 bits per heavy atom. The maximum atomic E-state index is 12.0. The lowest BCUT2D eigenvalue weighted by Crippen LogP contribution is -2.50. The average molecular weight is 276 g/mol. The van der Waals surface area contributed by atoms with Crippen LogP contribution < -0.4 is 4.74 Å². The molecule has 5 heteroatoms. The minimum atomic E-state index is 0.00476. The third-order valence-corrected chi connectivity index (χ3v) is 3.36. The van der Waals surface area contributed by atoms with Crippen molar-refractivity contribution in [2.45, 2.75) is 12.8 Å². The first-order valence-electron chi connectivity index (χ1n) is 6.86. The van der Waals surface area contributed by atoms with Crippen molar-refractivity contribution in [2.24, 2.45) is 0 Å². The van der Waals surface area contributed by atoms with Crippen LogP contribution in [0.15, 0.2) is 30.3 Å². The molecule has 0 saturated carbocycles. The number of likely N-dealkylation sites (N-methyl/N-ethyl adjacent to an activating group) is 1. The standard InChI is InChI=1S/C15H20N2O3/c1-16-9-10-17(12-15(16)19)14(18)8-5-11-20-13-6-3-2-4-7-13/h2-4,6-7H,5,8-12H2,1H3. The van der Waals surface area contributed by atoms with Gasteiger partial charge in [0, 0.05) is 26.6 Å². The van der Waals surface area contributed by atoms with Crippen LogP contribution in [0, 0.1) is 0 Å². The highest BCUT2D eigenvalue weighted by atomic mass is 16.5. The van der Waals surface area contributed by atoms with Crippen molar-refractivity contribution in [2.75, 3.05) is 33.3 Å². The van der Waals surface area contributed by atoms with E-state index >= 15 is 0 Å². The van der Waals surface area contributed by atoms with Crippen LogP contribution in [0.3, 0.4) is 0 Å². The molecule has 1 aliphatic heterocycles. The molecule has 1 fully saturated rings. The van der Waals surface area contributed by atoms with Crippen LogP contribution in [0.5, 0.6) is 5.75 Å². The molecule has 0 spiro atoms. The first kappa shape index (κ1) is 14.4. The van der Waals surface area contributed by atoms with E-state index in [1.54, 1.807) is 16.8 Å². The molecule has 1 aliphatic rings. The number of rotatable bonds is 5. The van der Waals surface area contributed by atoms with Gasteiger partial charge < -0.3 is 14.5 Å². The lowest BCUT2D eigenvalue weighted by molar-refractivity contribution is -0.144. The Hall–Kier alpha value is -2.04. The molecule has 20 heavy (non-hydrogen) atoms. The van der Waals surface area contributed by atoms with Gasteiger partial charge in [-0.2, -0.15) is 0 Å². The van der Waals surface area contributed by atoms with Gasteiger partial charge in [0.2, 0.25) is 11.8 Å². The lowest BCUT2D eigenvalue weighted by Gasteiger charge is -2.32. The van der Waals surface area contributed by atoms with Crippen molar-refractivity contribution in [3.63, 3.8) is 0 Å². The van der Waals surface area contributed by atoms with Gasteiger partial charge in [-0.25, -0.2) is 0 Å². The quantitative estimate of drug-likeness (QED) is 0.758. The zero-order valence-corrected chi connectivity index (χ0v) is 11.7. The van der Waals surface area contributed by atoms with Crippen LogP contribution in [0.2, 0.25) is 0 Å². The number of hydrogen-bond donors (Lipinski definition) is 0. The second-order valence-corrected chi connectivity index (χ2v) is 4.90. The third-order valence-electron chi connectivity index (χ3n) is 3.36. The molecule has 1 saturated heterocycles. The Morgan fingerprint density at radius 2 is 2.00 bits per heavy atom. The topological polar surface area (TPSA) is 49.9 Å². The van der Waals surface area contributed by atoms with Crippen LogP contribution in [0.1, 0.15) is 12.8 Å². The van der Waals surface area contributed by atoms with Gasteiger partial charge in [0.25, 0.3) is 0 Å². The molecule has 0 bridgehead atoms. The Labute approximate surface area is 119 Å². The van der Waals surface area contributed by atoms with Crippen molar-refractivity contribution >= 4 is 11.8 Å².